The number of thiophene rings is 2. The van der Waals surface area contributed by atoms with Gasteiger partial charge >= 0.3 is 17.8 Å². The molecule has 1 aliphatic carbocycles. The maximum atomic E-state index is 14.7. The minimum Gasteiger partial charge on any atom is -0.194 e. The van der Waals surface area contributed by atoms with E-state index in [1.807, 2.05) is 0 Å². The van der Waals surface area contributed by atoms with Gasteiger partial charge in [-0.15, -0.1) is 22.7 Å². The SMILES string of the molecule is Cc1sc(C2=C(c3sc(C)c(Cl)c3C)C(F)(F)C(F)(F)C2(F)F)c(C)c1Cl. The van der Waals surface area contributed by atoms with E-state index in [4.69, 9.17) is 23.2 Å². The zero-order chi connectivity index (χ0) is 20.7. The van der Waals surface area contributed by atoms with Gasteiger partial charge < -0.3 is 0 Å². The summed E-state index contributed by atoms with van der Waals surface area (Å²) in [5, 5.41) is 0.182. The highest BCUT2D eigenvalue weighted by Crippen LogP contribution is 2.66. The van der Waals surface area contributed by atoms with Crippen LogP contribution in [0.15, 0.2) is 0 Å². The van der Waals surface area contributed by atoms with E-state index in [0.717, 1.165) is 0 Å². The van der Waals surface area contributed by atoms with Gasteiger partial charge in [0.1, 0.15) is 0 Å². The lowest BCUT2D eigenvalue weighted by Gasteiger charge is -2.25. The van der Waals surface area contributed by atoms with E-state index in [0.29, 0.717) is 32.4 Å². The first kappa shape index (κ1) is 21.0. The second-order valence-electron chi connectivity index (χ2n) is 6.33. The van der Waals surface area contributed by atoms with Crippen LogP contribution in [0.25, 0.3) is 11.1 Å². The van der Waals surface area contributed by atoms with Gasteiger partial charge in [-0.2, -0.15) is 26.3 Å². The predicted octanol–water partition coefficient (Wildman–Crippen LogP) is 8.18. The van der Waals surface area contributed by atoms with Crippen LogP contribution in [-0.2, 0) is 0 Å². The largest absolute Gasteiger partial charge is 0.380 e. The zero-order valence-corrected chi connectivity index (χ0v) is 17.5. The van der Waals surface area contributed by atoms with Gasteiger partial charge in [0.15, 0.2) is 0 Å². The van der Waals surface area contributed by atoms with E-state index < -0.39 is 28.9 Å². The molecule has 0 amide bonds. The number of hydrogen-bond donors (Lipinski definition) is 0. The third-order valence-electron chi connectivity index (χ3n) is 4.59. The number of aryl methyl sites for hydroxylation is 2. The van der Waals surface area contributed by atoms with E-state index >= 15 is 0 Å². The quantitative estimate of drug-likeness (QED) is 0.393. The molecule has 0 nitrogen and oxygen atoms in total. The van der Waals surface area contributed by atoms with Crippen molar-refractivity contribution in [2.24, 2.45) is 0 Å². The summed E-state index contributed by atoms with van der Waals surface area (Å²) in [7, 11) is 0. The molecule has 2 aromatic heterocycles. The van der Waals surface area contributed by atoms with Crippen LogP contribution in [0.3, 0.4) is 0 Å². The fraction of sp³-hybridized carbons (Fsp3) is 0.412. The predicted molar refractivity (Wildman–Crippen MR) is 99.3 cm³/mol. The Kier molecular flexibility index (Phi) is 4.79. The first-order chi connectivity index (χ1) is 12.2. The van der Waals surface area contributed by atoms with Crippen LogP contribution in [0.5, 0.6) is 0 Å². The maximum absolute atomic E-state index is 14.7. The van der Waals surface area contributed by atoms with Crippen molar-refractivity contribution in [1.29, 1.82) is 0 Å². The number of alkyl halides is 6. The average molecular weight is 465 g/mol. The van der Waals surface area contributed by atoms with Gasteiger partial charge in [0.25, 0.3) is 0 Å². The normalized spacial score (nSPS) is 20.6. The number of allylic oxidation sites excluding steroid dienone is 2. The Morgan fingerprint density at radius 2 is 0.926 bits per heavy atom. The zero-order valence-electron chi connectivity index (χ0n) is 14.3. The maximum Gasteiger partial charge on any atom is 0.380 e. The molecule has 2 aromatic rings. The molecule has 2 heterocycles. The Labute approximate surface area is 169 Å². The summed E-state index contributed by atoms with van der Waals surface area (Å²) < 4.78 is 87.3. The summed E-state index contributed by atoms with van der Waals surface area (Å²) in [4.78, 5) is 0.0248. The highest BCUT2D eigenvalue weighted by atomic mass is 35.5. The lowest BCUT2D eigenvalue weighted by atomic mass is 10.0. The van der Waals surface area contributed by atoms with Crippen molar-refractivity contribution < 1.29 is 26.3 Å². The molecular weight excluding hydrogens is 453 g/mol. The number of hydrogen-bond acceptors (Lipinski definition) is 2. The molecule has 0 aliphatic heterocycles. The van der Waals surface area contributed by atoms with Gasteiger partial charge in [0.05, 0.1) is 21.2 Å². The van der Waals surface area contributed by atoms with Crippen LogP contribution >= 0.6 is 45.9 Å². The Morgan fingerprint density at radius 3 is 1.15 bits per heavy atom. The lowest BCUT2D eigenvalue weighted by molar-refractivity contribution is -0.254. The van der Waals surface area contributed by atoms with E-state index in [9.17, 15) is 26.3 Å². The molecule has 0 aromatic carbocycles. The Balaban J connectivity index is 2.50. The van der Waals surface area contributed by atoms with Gasteiger partial charge in [-0.3, -0.25) is 0 Å². The van der Waals surface area contributed by atoms with E-state index in [1.165, 1.54) is 27.7 Å². The van der Waals surface area contributed by atoms with Gasteiger partial charge in [0, 0.05) is 19.5 Å². The van der Waals surface area contributed by atoms with Crippen LogP contribution in [0.2, 0.25) is 10.0 Å². The Hall–Kier alpha value is -0.700. The first-order valence-corrected chi connectivity index (χ1v) is 9.97. The molecule has 148 valence electrons. The van der Waals surface area contributed by atoms with Crippen LogP contribution < -0.4 is 0 Å². The standard InChI is InChI=1S/C17H12Cl2F6S2/c1-5-11(18)7(3)26-13(5)9-10(14-6(2)12(19)8(4)27-14)16(22,23)17(24,25)15(9,20)21/h1-4H3. The summed E-state index contributed by atoms with van der Waals surface area (Å²) in [6.45, 7) is 5.70. The molecule has 3 rings (SSSR count). The van der Waals surface area contributed by atoms with E-state index in [2.05, 4.69) is 0 Å². The van der Waals surface area contributed by atoms with E-state index in [1.54, 1.807) is 0 Å². The van der Waals surface area contributed by atoms with Crippen molar-refractivity contribution >= 4 is 57.0 Å². The Morgan fingerprint density at radius 1 is 0.630 bits per heavy atom. The van der Waals surface area contributed by atoms with Crippen molar-refractivity contribution in [2.75, 3.05) is 0 Å². The van der Waals surface area contributed by atoms with Crippen molar-refractivity contribution in [1.82, 2.24) is 0 Å². The van der Waals surface area contributed by atoms with Crippen LogP contribution in [-0.4, -0.2) is 17.8 Å². The van der Waals surface area contributed by atoms with Gasteiger partial charge in [-0.25, -0.2) is 0 Å². The van der Waals surface area contributed by atoms with Crippen molar-refractivity contribution in [3.05, 3.63) is 40.7 Å². The second kappa shape index (κ2) is 6.15. The molecule has 0 N–H and O–H groups in total. The minimum absolute atomic E-state index is 0.0665. The topological polar surface area (TPSA) is 0 Å². The van der Waals surface area contributed by atoms with Crippen molar-refractivity contribution in [3.63, 3.8) is 0 Å². The molecule has 0 unspecified atom stereocenters. The molecular formula is C17H12Cl2F6S2. The third kappa shape index (κ3) is 2.56. The molecule has 0 spiro atoms. The fourth-order valence-corrected chi connectivity index (χ4v) is 5.90. The first-order valence-electron chi connectivity index (χ1n) is 7.58. The lowest BCUT2D eigenvalue weighted by Crippen LogP contribution is -2.48. The van der Waals surface area contributed by atoms with E-state index in [-0.39, 0.29) is 30.9 Å². The molecule has 0 saturated heterocycles. The molecule has 27 heavy (non-hydrogen) atoms. The van der Waals surface area contributed by atoms with Crippen LogP contribution in [0, 0.1) is 27.7 Å². The monoisotopic (exact) mass is 464 g/mol. The smallest absolute Gasteiger partial charge is 0.194 e. The molecule has 0 saturated carbocycles. The Bertz CT molecular complexity index is 908. The molecule has 10 heteroatoms. The summed E-state index contributed by atoms with van der Waals surface area (Å²) in [5.41, 5.74) is -2.62. The van der Waals surface area contributed by atoms with Crippen molar-refractivity contribution in [2.45, 2.75) is 45.5 Å². The highest BCUT2D eigenvalue weighted by molar-refractivity contribution is 7.15. The second-order valence-corrected chi connectivity index (χ2v) is 9.53. The average Bonchev–Trinajstić information content (AvgIpc) is 2.99. The summed E-state index contributed by atoms with van der Waals surface area (Å²) in [6.07, 6.45) is 0. The van der Waals surface area contributed by atoms with Crippen molar-refractivity contribution in [3.8, 4) is 0 Å². The molecule has 0 fully saturated rings. The van der Waals surface area contributed by atoms with Gasteiger partial charge in [0.2, 0.25) is 0 Å². The minimum atomic E-state index is -5.59. The molecule has 0 radical (unpaired) electrons. The summed E-state index contributed by atoms with van der Waals surface area (Å²) >= 11 is 13.4. The number of rotatable bonds is 2. The van der Waals surface area contributed by atoms with Crippen LogP contribution in [0.1, 0.15) is 30.6 Å². The summed E-state index contributed by atoms with van der Waals surface area (Å²) in [6, 6.07) is 0. The van der Waals surface area contributed by atoms with Gasteiger partial charge in [-0.1, -0.05) is 23.2 Å². The molecule has 0 atom stereocenters. The van der Waals surface area contributed by atoms with Gasteiger partial charge in [-0.05, 0) is 38.8 Å². The summed E-state index contributed by atoms with van der Waals surface area (Å²) in [5.74, 6) is -15.7. The third-order valence-corrected chi connectivity index (χ3v) is 8.40. The molecule has 0 bridgehead atoms. The number of halogens is 8. The fourth-order valence-electron chi connectivity index (χ4n) is 3.09. The molecule has 1 aliphatic rings. The highest BCUT2D eigenvalue weighted by Gasteiger charge is 2.80. The van der Waals surface area contributed by atoms with Crippen LogP contribution in [0.4, 0.5) is 26.3 Å².